The molecule has 0 heterocycles. The second kappa shape index (κ2) is 55.4. The van der Waals surface area contributed by atoms with E-state index in [0.29, 0.717) is 37.5 Å². The molecular formula is C64H124O17P2. The van der Waals surface area contributed by atoms with Crippen LogP contribution in [0.3, 0.4) is 0 Å². The highest BCUT2D eigenvalue weighted by Crippen LogP contribution is 2.45. The number of hydrogen-bond acceptors (Lipinski definition) is 15. The van der Waals surface area contributed by atoms with Gasteiger partial charge in [-0.15, -0.1) is 0 Å². The van der Waals surface area contributed by atoms with Crippen molar-refractivity contribution in [1.82, 2.24) is 0 Å². The number of aliphatic hydroxyl groups excluding tert-OH is 1. The van der Waals surface area contributed by atoms with Crippen LogP contribution in [0.2, 0.25) is 0 Å². The first-order valence-corrected chi connectivity index (χ1v) is 36.3. The van der Waals surface area contributed by atoms with E-state index < -0.39 is 97.5 Å². The number of ether oxygens (including phenoxy) is 4. The van der Waals surface area contributed by atoms with Crippen molar-refractivity contribution in [1.29, 1.82) is 0 Å². The molecule has 19 heteroatoms. The number of hydrogen-bond donors (Lipinski definition) is 3. The molecule has 0 amide bonds. The van der Waals surface area contributed by atoms with Gasteiger partial charge in [-0.3, -0.25) is 37.3 Å². The molecule has 0 fully saturated rings. The van der Waals surface area contributed by atoms with E-state index in [1.165, 1.54) is 116 Å². The lowest BCUT2D eigenvalue weighted by atomic mass is 10.0. The summed E-state index contributed by atoms with van der Waals surface area (Å²) in [6.07, 6.45) is 36.5. The Bertz CT molecular complexity index is 1650. The van der Waals surface area contributed by atoms with Crippen LogP contribution >= 0.6 is 15.6 Å². The quantitative estimate of drug-likeness (QED) is 0.0222. The Morgan fingerprint density at radius 3 is 0.819 bits per heavy atom. The van der Waals surface area contributed by atoms with Crippen LogP contribution in [0.1, 0.15) is 312 Å². The van der Waals surface area contributed by atoms with Gasteiger partial charge in [-0.25, -0.2) is 9.13 Å². The van der Waals surface area contributed by atoms with Crippen LogP contribution < -0.4 is 0 Å². The van der Waals surface area contributed by atoms with E-state index in [4.69, 9.17) is 37.0 Å². The maximum absolute atomic E-state index is 13.0. The minimum Gasteiger partial charge on any atom is -0.462 e. The van der Waals surface area contributed by atoms with Gasteiger partial charge < -0.3 is 33.8 Å². The molecule has 0 aliphatic carbocycles. The van der Waals surface area contributed by atoms with Crippen molar-refractivity contribution in [2.24, 2.45) is 17.8 Å². The summed E-state index contributed by atoms with van der Waals surface area (Å²) in [5.74, 6) is -0.00675. The van der Waals surface area contributed by atoms with Gasteiger partial charge >= 0.3 is 39.5 Å². The molecule has 0 saturated heterocycles. The summed E-state index contributed by atoms with van der Waals surface area (Å²) in [5, 5.41) is 10.5. The molecule has 0 aliphatic heterocycles. The summed E-state index contributed by atoms with van der Waals surface area (Å²) in [4.78, 5) is 72.1. The van der Waals surface area contributed by atoms with Crippen molar-refractivity contribution in [2.75, 3.05) is 39.6 Å². The molecular weight excluding hydrogens is 1100 g/mol. The second-order valence-electron chi connectivity index (χ2n) is 24.6. The first-order valence-electron chi connectivity index (χ1n) is 33.3. The Morgan fingerprint density at radius 1 is 0.325 bits per heavy atom. The Labute approximate surface area is 505 Å². The van der Waals surface area contributed by atoms with E-state index >= 15 is 0 Å². The fourth-order valence-corrected chi connectivity index (χ4v) is 11.1. The van der Waals surface area contributed by atoms with Gasteiger partial charge in [0.1, 0.15) is 19.3 Å². The standard InChI is InChI=1S/C64H124O17P2/c1-8-9-10-11-12-18-22-31-38-45-61(66)74-51-60(81-64(69)48-41-34-27-25-30-37-44-57(6)7)54-79-83(72,73)77-50-58(65)49-76-82(70,71)78-53-59(52-75-62(67)46-39-32-26-24-29-36-43-56(4)5)80-63(68)47-40-33-23-20-17-15-13-14-16-19-21-28-35-42-55(2)3/h55-60,65H,8-54H2,1-7H3,(H,70,71)(H,72,73)/t58-,59-,60-/m1/s1. The van der Waals surface area contributed by atoms with Gasteiger partial charge in [-0.1, -0.05) is 260 Å². The summed E-state index contributed by atoms with van der Waals surface area (Å²) in [6, 6.07) is 0. The van der Waals surface area contributed by atoms with Gasteiger partial charge in [-0.2, -0.15) is 0 Å². The summed E-state index contributed by atoms with van der Waals surface area (Å²) < 4.78 is 67.9. The highest BCUT2D eigenvalue weighted by atomic mass is 31.2. The van der Waals surface area contributed by atoms with Crippen LogP contribution in [0.4, 0.5) is 0 Å². The van der Waals surface area contributed by atoms with Gasteiger partial charge in [0.25, 0.3) is 0 Å². The van der Waals surface area contributed by atoms with Crippen molar-refractivity contribution < 1.29 is 80.2 Å². The van der Waals surface area contributed by atoms with Crippen molar-refractivity contribution in [3.05, 3.63) is 0 Å². The smallest absolute Gasteiger partial charge is 0.462 e. The van der Waals surface area contributed by atoms with Crippen LogP contribution in [0.25, 0.3) is 0 Å². The van der Waals surface area contributed by atoms with Crippen molar-refractivity contribution in [2.45, 2.75) is 330 Å². The molecule has 0 rings (SSSR count). The third-order valence-electron chi connectivity index (χ3n) is 14.6. The molecule has 492 valence electrons. The molecule has 0 aromatic heterocycles. The van der Waals surface area contributed by atoms with E-state index in [1.54, 1.807) is 0 Å². The average molecular weight is 1230 g/mol. The number of aliphatic hydroxyl groups is 1. The minimum absolute atomic E-state index is 0.102. The predicted octanol–water partition coefficient (Wildman–Crippen LogP) is 17.5. The minimum atomic E-state index is -4.94. The van der Waals surface area contributed by atoms with Gasteiger partial charge in [0.15, 0.2) is 12.2 Å². The van der Waals surface area contributed by atoms with Gasteiger partial charge in [-0.05, 0) is 43.4 Å². The number of unbranched alkanes of at least 4 members (excludes halogenated alkanes) is 30. The Morgan fingerprint density at radius 2 is 0.554 bits per heavy atom. The number of esters is 4. The number of rotatable bonds is 62. The van der Waals surface area contributed by atoms with Crippen molar-refractivity contribution in [3.63, 3.8) is 0 Å². The molecule has 0 aromatic carbocycles. The fourth-order valence-electron chi connectivity index (χ4n) is 9.48. The summed E-state index contributed by atoms with van der Waals surface area (Å²) >= 11 is 0. The largest absolute Gasteiger partial charge is 0.472 e. The average Bonchev–Trinajstić information content (AvgIpc) is 3.44. The van der Waals surface area contributed by atoms with Gasteiger partial charge in [0.05, 0.1) is 26.4 Å². The maximum Gasteiger partial charge on any atom is 0.472 e. The number of carbonyl (C=O) groups is 4. The number of phosphoric ester groups is 2. The Balaban J connectivity index is 5.20. The van der Waals surface area contributed by atoms with Gasteiger partial charge in [0, 0.05) is 25.7 Å². The third kappa shape index (κ3) is 58.8. The lowest BCUT2D eigenvalue weighted by Gasteiger charge is -2.21. The van der Waals surface area contributed by atoms with Crippen LogP contribution in [0, 0.1) is 17.8 Å². The highest BCUT2D eigenvalue weighted by Gasteiger charge is 2.30. The van der Waals surface area contributed by atoms with E-state index in [9.17, 15) is 43.2 Å². The van der Waals surface area contributed by atoms with E-state index in [1.807, 2.05) is 0 Å². The Hall–Kier alpha value is -1.94. The summed E-state index contributed by atoms with van der Waals surface area (Å²) in [5.41, 5.74) is 0. The van der Waals surface area contributed by atoms with Crippen LogP contribution in [0.5, 0.6) is 0 Å². The van der Waals surface area contributed by atoms with Crippen molar-refractivity contribution in [3.8, 4) is 0 Å². The van der Waals surface area contributed by atoms with Crippen LogP contribution in [-0.2, 0) is 65.4 Å². The van der Waals surface area contributed by atoms with E-state index in [0.717, 1.165) is 102 Å². The van der Waals surface area contributed by atoms with E-state index in [-0.39, 0.29) is 25.7 Å². The molecule has 0 radical (unpaired) electrons. The molecule has 0 aromatic rings. The predicted molar refractivity (Wildman–Crippen MR) is 331 cm³/mol. The summed E-state index contributed by atoms with van der Waals surface area (Å²) in [6.45, 7) is 11.6. The highest BCUT2D eigenvalue weighted by molar-refractivity contribution is 7.47. The van der Waals surface area contributed by atoms with Crippen LogP contribution in [-0.4, -0.2) is 96.7 Å². The topological polar surface area (TPSA) is 237 Å². The molecule has 3 N–H and O–H groups in total. The maximum atomic E-state index is 13.0. The third-order valence-corrected chi connectivity index (χ3v) is 16.5. The first-order chi connectivity index (χ1) is 39.7. The molecule has 0 saturated carbocycles. The molecule has 83 heavy (non-hydrogen) atoms. The lowest BCUT2D eigenvalue weighted by Crippen LogP contribution is -2.30. The molecule has 2 unspecified atom stereocenters. The zero-order valence-electron chi connectivity index (χ0n) is 53.6. The Kier molecular flexibility index (Phi) is 54.1. The van der Waals surface area contributed by atoms with Crippen molar-refractivity contribution >= 4 is 39.5 Å². The molecule has 5 atom stereocenters. The lowest BCUT2D eigenvalue weighted by molar-refractivity contribution is -0.161. The fraction of sp³-hybridized carbons (Fsp3) is 0.938. The zero-order valence-corrected chi connectivity index (χ0v) is 55.4. The zero-order chi connectivity index (χ0) is 61.7. The number of phosphoric acid groups is 2. The molecule has 0 bridgehead atoms. The molecule has 0 spiro atoms. The normalized spacial score (nSPS) is 14.4. The van der Waals surface area contributed by atoms with Gasteiger partial charge in [0.2, 0.25) is 0 Å². The SMILES string of the molecule is CCCCCCCCCCCC(=O)OC[C@H](COP(=O)(O)OC[C@H](O)COP(=O)(O)OC[C@@H](COC(=O)CCCCCCCCC(C)C)OC(=O)CCCCCCCCCCCCCCCC(C)C)OC(=O)CCCCCCCCC(C)C. The number of carbonyl (C=O) groups excluding carboxylic acids is 4. The van der Waals surface area contributed by atoms with Crippen LogP contribution in [0.15, 0.2) is 0 Å². The molecule has 17 nitrogen and oxygen atoms in total. The monoisotopic (exact) mass is 1230 g/mol. The summed E-state index contributed by atoms with van der Waals surface area (Å²) in [7, 11) is -9.88. The second-order valence-corrected chi connectivity index (χ2v) is 27.5. The first kappa shape index (κ1) is 81.1. The van der Waals surface area contributed by atoms with E-state index in [2.05, 4.69) is 48.5 Å². The molecule has 0 aliphatic rings.